The molecule has 1 aliphatic rings. The van der Waals surface area contributed by atoms with E-state index in [9.17, 15) is 24.0 Å². The van der Waals surface area contributed by atoms with Crippen molar-refractivity contribution in [2.24, 2.45) is 0 Å². The smallest absolute Gasteiger partial charge is 0.331 e. The maximum absolute atomic E-state index is 12.3. The molecule has 0 saturated carbocycles. The number of carbonyl (C=O) groups excluding carboxylic acids is 5. The molecule has 0 aromatic carbocycles. The average molecular weight is 487 g/mol. The van der Waals surface area contributed by atoms with Crippen LogP contribution in [-0.2, 0) is 52.4 Å². The minimum absolute atomic E-state index is 0.0980. The Balaban J connectivity index is 3.09. The van der Waals surface area contributed by atoms with Crippen LogP contribution in [0.25, 0.3) is 0 Å². The molecule has 1 rings (SSSR count). The largest absolute Gasteiger partial charge is 0.466 e. The van der Waals surface area contributed by atoms with Gasteiger partial charge < -0.3 is 28.4 Å². The number of carbonyl (C=O) groups is 5. The number of hydrogen-bond acceptors (Lipinski definition) is 11. The maximum atomic E-state index is 12.3. The number of hydrogen-bond donors (Lipinski definition) is 0. The molecule has 11 heteroatoms. The average Bonchev–Trinajstić information content (AvgIpc) is 2.79. The first kappa shape index (κ1) is 29.1. The van der Waals surface area contributed by atoms with Crippen molar-refractivity contribution in [3.05, 3.63) is 12.2 Å². The van der Waals surface area contributed by atoms with Gasteiger partial charge in [0, 0.05) is 31.4 Å². The number of methoxy groups -OCH3 is 1. The number of ether oxygens (including phenoxy) is 6. The van der Waals surface area contributed by atoms with Crippen LogP contribution in [0.3, 0.4) is 0 Å². The van der Waals surface area contributed by atoms with Crippen molar-refractivity contribution in [1.82, 2.24) is 0 Å². The SMILES string of the molecule is CCCC(=O)O[C@@H]1[C@@H](OC(=O)CCC)[C@@H](OC(=O)CCC)CO[C@H]1COC(=O)/C=C/C(=O)OC. The lowest BCUT2D eigenvalue weighted by Gasteiger charge is -2.40. The standard InChI is InChI=1S/C23H34O11/c1-5-8-19(26)32-16-14-30-15(13-31-18(25)12-11-17(24)29-4)22(33-20(27)9-6-2)23(16)34-21(28)10-7-3/h11-12,15-16,22-23H,5-10,13-14H2,1-4H3/b12-11+/t15-,16-,22-,23-/m0/s1. The first-order valence-electron chi connectivity index (χ1n) is 11.4. The minimum Gasteiger partial charge on any atom is -0.466 e. The molecule has 192 valence electrons. The number of rotatable bonds is 13. The molecule has 4 atom stereocenters. The summed E-state index contributed by atoms with van der Waals surface area (Å²) in [7, 11) is 1.16. The van der Waals surface area contributed by atoms with Crippen LogP contribution in [0, 0.1) is 0 Å². The second-order valence-electron chi connectivity index (χ2n) is 7.55. The van der Waals surface area contributed by atoms with Crippen LogP contribution in [0.4, 0.5) is 0 Å². The van der Waals surface area contributed by atoms with Gasteiger partial charge in [0.05, 0.1) is 13.7 Å². The van der Waals surface area contributed by atoms with Gasteiger partial charge >= 0.3 is 29.8 Å². The molecular formula is C23H34O11. The topological polar surface area (TPSA) is 141 Å². The second kappa shape index (κ2) is 15.8. The van der Waals surface area contributed by atoms with Gasteiger partial charge in [0.2, 0.25) is 0 Å². The third-order valence-electron chi connectivity index (χ3n) is 4.66. The Labute approximate surface area is 199 Å². The summed E-state index contributed by atoms with van der Waals surface area (Å²) in [6.45, 7) is 4.87. The van der Waals surface area contributed by atoms with E-state index in [1.54, 1.807) is 13.8 Å². The molecular weight excluding hydrogens is 452 g/mol. The third kappa shape index (κ3) is 10.3. The lowest BCUT2D eigenvalue weighted by Crippen LogP contribution is -2.58. The lowest BCUT2D eigenvalue weighted by atomic mass is 9.99. The summed E-state index contributed by atoms with van der Waals surface area (Å²) < 4.78 is 31.7. The van der Waals surface area contributed by atoms with Gasteiger partial charge in [0.15, 0.2) is 18.3 Å². The summed E-state index contributed by atoms with van der Waals surface area (Å²) in [5.74, 6) is -3.24. The zero-order valence-electron chi connectivity index (χ0n) is 20.1. The molecule has 0 unspecified atom stereocenters. The molecule has 0 aromatic rings. The first-order chi connectivity index (χ1) is 16.2. The van der Waals surface area contributed by atoms with Gasteiger partial charge in [-0.15, -0.1) is 0 Å². The molecule has 11 nitrogen and oxygen atoms in total. The van der Waals surface area contributed by atoms with E-state index >= 15 is 0 Å². The summed E-state index contributed by atoms with van der Waals surface area (Å²) in [6.07, 6.45) is -0.630. The molecule has 0 aliphatic carbocycles. The van der Waals surface area contributed by atoms with Crippen LogP contribution in [-0.4, -0.2) is 74.6 Å². The quantitative estimate of drug-likeness (QED) is 0.214. The van der Waals surface area contributed by atoms with Gasteiger partial charge in [0.1, 0.15) is 12.7 Å². The fourth-order valence-corrected chi connectivity index (χ4v) is 3.04. The van der Waals surface area contributed by atoms with Crippen molar-refractivity contribution in [2.75, 3.05) is 20.3 Å². The Bertz CT molecular complexity index is 730. The van der Waals surface area contributed by atoms with Crippen LogP contribution in [0.1, 0.15) is 59.3 Å². The summed E-state index contributed by atoms with van der Waals surface area (Å²) in [5.41, 5.74) is 0. The van der Waals surface area contributed by atoms with E-state index in [2.05, 4.69) is 4.74 Å². The van der Waals surface area contributed by atoms with E-state index < -0.39 is 54.3 Å². The fraction of sp³-hybridized carbons (Fsp3) is 0.696. The van der Waals surface area contributed by atoms with E-state index in [1.807, 2.05) is 6.92 Å². The molecule has 0 N–H and O–H groups in total. The molecule has 1 fully saturated rings. The van der Waals surface area contributed by atoms with Gasteiger partial charge in [0.25, 0.3) is 0 Å². The van der Waals surface area contributed by atoms with Crippen LogP contribution in [0.5, 0.6) is 0 Å². The third-order valence-corrected chi connectivity index (χ3v) is 4.66. The monoisotopic (exact) mass is 486 g/mol. The molecule has 0 aromatic heterocycles. The molecule has 0 spiro atoms. The maximum Gasteiger partial charge on any atom is 0.331 e. The van der Waals surface area contributed by atoms with Gasteiger partial charge in [-0.1, -0.05) is 20.8 Å². The predicted molar refractivity (Wildman–Crippen MR) is 116 cm³/mol. The minimum atomic E-state index is -1.19. The molecule has 1 aliphatic heterocycles. The van der Waals surface area contributed by atoms with Gasteiger partial charge in [-0.25, -0.2) is 9.59 Å². The molecule has 0 amide bonds. The van der Waals surface area contributed by atoms with Crippen molar-refractivity contribution >= 4 is 29.8 Å². The van der Waals surface area contributed by atoms with Crippen molar-refractivity contribution in [1.29, 1.82) is 0 Å². The summed E-state index contributed by atoms with van der Waals surface area (Å²) >= 11 is 0. The summed E-state index contributed by atoms with van der Waals surface area (Å²) in [4.78, 5) is 59.8. The van der Waals surface area contributed by atoms with Crippen LogP contribution < -0.4 is 0 Å². The Hall–Kier alpha value is -2.95. The Morgan fingerprint density at radius 2 is 1.26 bits per heavy atom. The zero-order chi connectivity index (χ0) is 25.5. The highest BCUT2D eigenvalue weighted by Gasteiger charge is 2.47. The van der Waals surface area contributed by atoms with Gasteiger partial charge in [-0.05, 0) is 19.3 Å². The van der Waals surface area contributed by atoms with Crippen LogP contribution in [0.15, 0.2) is 12.2 Å². The van der Waals surface area contributed by atoms with E-state index in [4.69, 9.17) is 23.7 Å². The Kier molecular flexibility index (Phi) is 13.5. The molecule has 0 bridgehead atoms. The van der Waals surface area contributed by atoms with E-state index in [0.717, 1.165) is 19.3 Å². The van der Waals surface area contributed by atoms with Crippen molar-refractivity contribution in [2.45, 2.75) is 83.7 Å². The van der Waals surface area contributed by atoms with E-state index in [-0.39, 0.29) is 32.5 Å². The molecule has 1 saturated heterocycles. The van der Waals surface area contributed by atoms with Crippen LogP contribution in [0.2, 0.25) is 0 Å². The molecule has 0 radical (unpaired) electrons. The summed E-state index contributed by atoms with van der Waals surface area (Å²) in [6, 6.07) is 0. The number of esters is 5. The second-order valence-corrected chi connectivity index (χ2v) is 7.55. The Morgan fingerprint density at radius 3 is 1.79 bits per heavy atom. The highest BCUT2D eigenvalue weighted by Crippen LogP contribution is 2.26. The molecule has 1 heterocycles. The highest BCUT2D eigenvalue weighted by molar-refractivity contribution is 5.91. The zero-order valence-corrected chi connectivity index (χ0v) is 20.1. The normalized spacial score (nSPS) is 22.0. The van der Waals surface area contributed by atoms with Gasteiger partial charge in [-0.2, -0.15) is 0 Å². The fourth-order valence-electron chi connectivity index (χ4n) is 3.04. The van der Waals surface area contributed by atoms with Crippen molar-refractivity contribution in [3.63, 3.8) is 0 Å². The summed E-state index contributed by atoms with van der Waals surface area (Å²) in [5, 5.41) is 0. The van der Waals surface area contributed by atoms with E-state index in [1.165, 1.54) is 0 Å². The van der Waals surface area contributed by atoms with Crippen molar-refractivity contribution in [3.8, 4) is 0 Å². The lowest BCUT2D eigenvalue weighted by molar-refractivity contribution is -0.233. The Morgan fingerprint density at radius 1 is 0.765 bits per heavy atom. The highest BCUT2D eigenvalue weighted by atomic mass is 16.7. The van der Waals surface area contributed by atoms with E-state index in [0.29, 0.717) is 19.3 Å². The van der Waals surface area contributed by atoms with Gasteiger partial charge in [-0.3, -0.25) is 14.4 Å². The van der Waals surface area contributed by atoms with Crippen LogP contribution >= 0.6 is 0 Å². The first-order valence-corrected chi connectivity index (χ1v) is 11.4. The molecule has 34 heavy (non-hydrogen) atoms. The van der Waals surface area contributed by atoms with Crippen molar-refractivity contribution < 1.29 is 52.4 Å². The predicted octanol–water partition coefficient (Wildman–Crippen LogP) is 1.79.